The molecule has 0 spiro atoms. The molecule has 3 aromatic rings. The number of rotatable bonds is 11. The number of ether oxygens (including phenoxy) is 4. The highest BCUT2D eigenvalue weighted by molar-refractivity contribution is 6.74. The molecule has 1 saturated carbocycles. The van der Waals surface area contributed by atoms with E-state index in [4.69, 9.17) is 23.4 Å². The van der Waals surface area contributed by atoms with E-state index < -0.39 is 49.3 Å². The van der Waals surface area contributed by atoms with E-state index in [9.17, 15) is 9.59 Å². The molecule has 12 heteroatoms. The van der Waals surface area contributed by atoms with Crippen molar-refractivity contribution in [3.8, 4) is 11.5 Å². The average molecular weight is 631 g/mol. The smallest absolute Gasteiger partial charge is 0.333 e. The fourth-order valence-electron chi connectivity index (χ4n) is 5.35. The van der Waals surface area contributed by atoms with Crippen LogP contribution < -0.4 is 20.7 Å². The van der Waals surface area contributed by atoms with E-state index in [1.54, 1.807) is 62.8 Å². The summed E-state index contributed by atoms with van der Waals surface area (Å²) in [4.78, 5) is 26.6. The van der Waals surface area contributed by atoms with Crippen LogP contribution in [-0.2, 0) is 27.1 Å². The van der Waals surface area contributed by atoms with Gasteiger partial charge in [-0.3, -0.25) is 13.9 Å². The van der Waals surface area contributed by atoms with Gasteiger partial charge in [0.25, 0.3) is 11.5 Å². The van der Waals surface area contributed by atoms with Crippen LogP contribution in [0.1, 0.15) is 38.1 Å². The minimum Gasteiger partial charge on any atom is -0.497 e. The molecule has 2 aromatic carbocycles. The predicted molar refractivity (Wildman–Crippen MR) is 163 cm³/mol. The third-order valence-electron chi connectivity index (χ3n) is 9.24. The van der Waals surface area contributed by atoms with Crippen molar-refractivity contribution in [2.24, 2.45) is 5.92 Å². The molecule has 0 unspecified atom stereocenters. The van der Waals surface area contributed by atoms with Crippen molar-refractivity contribution in [2.45, 2.75) is 75.9 Å². The molecular weight excluding hydrogens is 590 g/mol. The van der Waals surface area contributed by atoms with Gasteiger partial charge < -0.3 is 23.4 Å². The second kappa shape index (κ2) is 11.6. The Morgan fingerprint density at radius 1 is 0.909 bits per heavy atom. The molecule has 5 rings (SSSR count). The van der Waals surface area contributed by atoms with Crippen molar-refractivity contribution in [3.05, 3.63) is 92.8 Å². The van der Waals surface area contributed by atoms with Gasteiger partial charge in [0.05, 0.1) is 39.9 Å². The Morgan fingerprint density at radius 3 is 2.02 bits per heavy atom. The summed E-state index contributed by atoms with van der Waals surface area (Å²) in [5, 5.41) is -0.209. The van der Waals surface area contributed by atoms with Gasteiger partial charge in [-0.15, -0.1) is 0 Å². The standard InChI is InChI=1S/C32H40F2N2O7Si/c1-30(2,3)44(6,7)42-20-31-27(32(31,33)34)26(41-19-22-10-14-24(40-5)15-11-22)28(43-31)35-17-16-25(37)36(29(35)38)18-21-8-12-23(39-4)13-9-21/h8-17,26-28H,18-20H2,1-7H3/t26-,27+,28-,31-/m1/s1. The molecule has 44 heavy (non-hydrogen) atoms. The van der Waals surface area contributed by atoms with Crippen LogP contribution in [0, 0.1) is 5.92 Å². The second-order valence-electron chi connectivity index (χ2n) is 12.9. The Morgan fingerprint density at radius 2 is 1.48 bits per heavy atom. The Labute approximate surface area is 256 Å². The lowest BCUT2D eigenvalue weighted by Crippen LogP contribution is -2.46. The van der Waals surface area contributed by atoms with Crippen LogP contribution in [0.4, 0.5) is 8.78 Å². The summed E-state index contributed by atoms with van der Waals surface area (Å²) in [6.45, 7) is 9.72. The first-order valence-corrected chi connectivity index (χ1v) is 17.4. The maximum atomic E-state index is 15.7. The fourth-order valence-corrected chi connectivity index (χ4v) is 6.36. The van der Waals surface area contributed by atoms with Crippen molar-refractivity contribution in [3.63, 3.8) is 0 Å². The molecule has 238 valence electrons. The molecule has 1 aliphatic heterocycles. The zero-order valence-corrected chi connectivity index (χ0v) is 27.1. The maximum Gasteiger partial charge on any atom is 0.333 e. The number of hydrogen-bond donors (Lipinski definition) is 0. The molecule has 1 saturated heterocycles. The van der Waals surface area contributed by atoms with E-state index in [1.807, 2.05) is 33.9 Å². The molecule has 1 aromatic heterocycles. The number of hydrogen-bond acceptors (Lipinski definition) is 7. The van der Waals surface area contributed by atoms with Crippen LogP contribution in [0.25, 0.3) is 0 Å². The van der Waals surface area contributed by atoms with Crippen LogP contribution >= 0.6 is 0 Å². The lowest BCUT2D eigenvalue weighted by Gasteiger charge is -2.37. The minimum atomic E-state index is -3.24. The average Bonchev–Trinajstić information content (AvgIpc) is 3.26. The van der Waals surface area contributed by atoms with E-state index >= 15 is 8.78 Å². The summed E-state index contributed by atoms with van der Waals surface area (Å²) in [5.41, 5.74) is -1.76. The van der Waals surface area contributed by atoms with Crippen LogP contribution in [0.3, 0.4) is 0 Å². The lowest BCUT2D eigenvalue weighted by molar-refractivity contribution is -0.170. The van der Waals surface area contributed by atoms with E-state index in [1.165, 1.54) is 16.8 Å². The highest BCUT2D eigenvalue weighted by Crippen LogP contribution is 2.70. The molecule has 0 N–H and O–H groups in total. The summed E-state index contributed by atoms with van der Waals surface area (Å²) in [6.07, 6.45) is -1.12. The largest absolute Gasteiger partial charge is 0.497 e. The molecule has 0 radical (unpaired) electrons. The van der Waals surface area contributed by atoms with Crippen LogP contribution in [0.5, 0.6) is 11.5 Å². The molecule has 0 bridgehead atoms. The highest BCUT2D eigenvalue weighted by atomic mass is 28.4. The summed E-state index contributed by atoms with van der Waals surface area (Å²) in [6, 6.07) is 15.3. The first-order valence-electron chi connectivity index (χ1n) is 14.5. The van der Waals surface area contributed by atoms with Gasteiger partial charge in [0.15, 0.2) is 20.1 Å². The Hall–Kier alpha value is -3.32. The number of aromatic nitrogens is 2. The van der Waals surface area contributed by atoms with Crippen molar-refractivity contribution >= 4 is 8.32 Å². The molecule has 2 fully saturated rings. The highest BCUT2D eigenvalue weighted by Gasteiger charge is 2.90. The van der Waals surface area contributed by atoms with Gasteiger partial charge in [0.1, 0.15) is 17.6 Å². The van der Waals surface area contributed by atoms with Gasteiger partial charge in [-0.25, -0.2) is 13.6 Å². The van der Waals surface area contributed by atoms with E-state index in [2.05, 4.69) is 0 Å². The van der Waals surface area contributed by atoms with Crippen LogP contribution in [0.15, 0.2) is 70.4 Å². The normalized spacial score (nSPS) is 24.2. The summed E-state index contributed by atoms with van der Waals surface area (Å²) >= 11 is 0. The summed E-state index contributed by atoms with van der Waals surface area (Å²) in [7, 11) is 0.673. The number of fused-ring (bicyclic) bond motifs is 1. The molecule has 2 heterocycles. The van der Waals surface area contributed by atoms with Gasteiger partial charge in [0, 0.05) is 12.3 Å². The topological polar surface area (TPSA) is 90.2 Å². The third-order valence-corrected chi connectivity index (χ3v) is 13.7. The number of halogens is 2. The lowest BCUT2D eigenvalue weighted by atomic mass is 10.1. The maximum absolute atomic E-state index is 15.7. The quantitative estimate of drug-likeness (QED) is 0.269. The third kappa shape index (κ3) is 5.64. The van der Waals surface area contributed by atoms with Gasteiger partial charge in [-0.2, -0.15) is 0 Å². The zero-order chi connectivity index (χ0) is 32.1. The van der Waals surface area contributed by atoms with E-state index in [0.29, 0.717) is 17.1 Å². The van der Waals surface area contributed by atoms with Crippen molar-refractivity contribution in [1.29, 1.82) is 0 Å². The Kier molecular flexibility index (Phi) is 8.42. The van der Waals surface area contributed by atoms with Crippen molar-refractivity contribution in [1.82, 2.24) is 9.13 Å². The number of nitrogens with zero attached hydrogens (tertiary/aromatic N) is 2. The van der Waals surface area contributed by atoms with Gasteiger partial charge in [-0.05, 0) is 53.5 Å². The zero-order valence-electron chi connectivity index (χ0n) is 26.1. The molecule has 1 aliphatic carbocycles. The van der Waals surface area contributed by atoms with Gasteiger partial charge in [0.2, 0.25) is 0 Å². The van der Waals surface area contributed by atoms with E-state index in [0.717, 1.165) is 10.1 Å². The predicted octanol–water partition coefficient (Wildman–Crippen LogP) is 5.22. The minimum absolute atomic E-state index is 0.000506. The SMILES string of the molecule is COc1ccc(CO[C@H]2[C@H](n3ccc(=O)n(Cc4ccc(OC)cc4)c3=O)O[C@]3(CO[Si](C)(C)C(C)(C)C)[C@H]2C3(F)F)cc1. The van der Waals surface area contributed by atoms with Gasteiger partial charge >= 0.3 is 5.69 Å². The summed E-state index contributed by atoms with van der Waals surface area (Å²) in [5.74, 6) is -3.31. The fraction of sp³-hybridized carbons (Fsp3) is 0.500. The molecule has 9 nitrogen and oxygen atoms in total. The Bertz CT molecular complexity index is 1600. The van der Waals surface area contributed by atoms with Crippen molar-refractivity contribution < 1.29 is 32.2 Å². The second-order valence-corrected chi connectivity index (χ2v) is 17.8. The van der Waals surface area contributed by atoms with Gasteiger partial charge in [-0.1, -0.05) is 45.0 Å². The van der Waals surface area contributed by atoms with E-state index in [-0.39, 0.29) is 24.8 Å². The first kappa shape index (κ1) is 32.1. The van der Waals surface area contributed by atoms with Crippen molar-refractivity contribution in [2.75, 3.05) is 20.8 Å². The first-order chi connectivity index (χ1) is 20.6. The molecule has 0 amide bonds. The number of alkyl halides is 2. The molecule has 2 aliphatic rings. The molecule has 4 atom stereocenters. The monoisotopic (exact) mass is 630 g/mol. The molecular formula is C32H40F2N2O7Si. The van der Waals surface area contributed by atoms with Crippen LogP contribution in [-0.4, -0.2) is 55.9 Å². The number of methoxy groups -OCH3 is 2. The van der Waals surface area contributed by atoms with Crippen LogP contribution in [0.2, 0.25) is 18.1 Å². The Balaban J connectivity index is 1.48. The summed E-state index contributed by atoms with van der Waals surface area (Å²) < 4.78 is 62.6. The number of benzene rings is 2.